The van der Waals surface area contributed by atoms with Gasteiger partial charge in [-0.05, 0) is 36.8 Å². The Kier molecular flexibility index (Phi) is 8.15. The number of thioether (sulfide) groups is 1. The van der Waals surface area contributed by atoms with Gasteiger partial charge < -0.3 is 5.32 Å². The van der Waals surface area contributed by atoms with Crippen LogP contribution in [0.5, 0.6) is 0 Å². The lowest BCUT2D eigenvalue weighted by Gasteiger charge is -2.28. The standard InChI is InChI=1S/C19H22ClFN2O3S2/c1-14(23(28(2,25)26)17-8-5-7-16(21)12-17)19(24)22-10-11-27-13-15-6-3-4-9-18(15)20/h3-9,12,14H,10-11,13H2,1-2H3,(H,22,24)/t14-/m0/s1. The van der Waals surface area contributed by atoms with E-state index in [1.54, 1.807) is 11.8 Å². The van der Waals surface area contributed by atoms with Gasteiger partial charge in [-0.1, -0.05) is 35.9 Å². The molecule has 5 nitrogen and oxygen atoms in total. The molecule has 2 rings (SSSR count). The number of sulfonamides is 1. The average molecular weight is 445 g/mol. The molecule has 0 aliphatic rings. The zero-order chi connectivity index (χ0) is 20.7. The van der Waals surface area contributed by atoms with E-state index < -0.39 is 27.8 Å². The molecule has 0 aliphatic carbocycles. The second kappa shape index (κ2) is 10.1. The number of hydrogen-bond donors (Lipinski definition) is 1. The van der Waals surface area contributed by atoms with E-state index in [2.05, 4.69) is 5.32 Å². The topological polar surface area (TPSA) is 66.5 Å². The van der Waals surface area contributed by atoms with E-state index in [0.717, 1.165) is 22.2 Å². The molecule has 0 heterocycles. The van der Waals surface area contributed by atoms with Crippen LogP contribution in [0, 0.1) is 5.82 Å². The summed E-state index contributed by atoms with van der Waals surface area (Å²) in [6.07, 6.45) is 0.987. The van der Waals surface area contributed by atoms with E-state index >= 15 is 0 Å². The molecule has 0 aliphatic heterocycles. The first-order valence-corrected chi connectivity index (χ1v) is 11.9. The summed E-state index contributed by atoms with van der Waals surface area (Å²) in [5, 5.41) is 3.43. The highest BCUT2D eigenvalue weighted by atomic mass is 35.5. The first-order chi connectivity index (χ1) is 13.2. The fourth-order valence-corrected chi connectivity index (χ4v) is 4.92. The molecule has 0 aromatic heterocycles. The zero-order valence-electron chi connectivity index (χ0n) is 15.6. The molecule has 9 heteroatoms. The normalized spacial score (nSPS) is 12.4. The number of hydrogen-bond acceptors (Lipinski definition) is 4. The van der Waals surface area contributed by atoms with Crippen LogP contribution in [0.15, 0.2) is 48.5 Å². The third-order valence-electron chi connectivity index (χ3n) is 3.91. The predicted molar refractivity (Wildman–Crippen MR) is 114 cm³/mol. The van der Waals surface area contributed by atoms with Gasteiger partial charge in [0.2, 0.25) is 15.9 Å². The van der Waals surface area contributed by atoms with Crippen LogP contribution in [0.25, 0.3) is 0 Å². The van der Waals surface area contributed by atoms with Crippen molar-refractivity contribution in [3.05, 3.63) is 64.9 Å². The van der Waals surface area contributed by atoms with Crippen molar-refractivity contribution in [3.8, 4) is 0 Å². The molecular formula is C19H22ClFN2O3S2. The maximum Gasteiger partial charge on any atom is 0.243 e. The van der Waals surface area contributed by atoms with Crippen LogP contribution < -0.4 is 9.62 Å². The molecule has 0 saturated heterocycles. The number of anilines is 1. The third-order valence-corrected chi connectivity index (χ3v) is 6.53. The number of amides is 1. The predicted octanol–water partition coefficient (Wildman–Crippen LogP) is 3.68. The fourth-order valence-electron chi connectivity index (χ4n) is 2.61. The van der Waals surface area contributed by atoms with Crippen molar-refractivity contribution >= 4 is 45.0 Å². The average Bonchev–Trinajstić information content (AvgIpc) is 2.61. The molecule has 2 aromatic rings. The smallest absolute Gasteiger partial charge is 0.243 e. The quantitative estimate of drug-likeness (QED) is 0.599. The van der Waals surface area contributed by atoms with Gasteiger partial charge in [-0.25, -0.2) is 12.8 Å². The monoisotopic (exact) mass is 444 g/mol. The molecule has 0 fully saturated rings. The molecule has 0 spiro atoms. The van der Waals surface area contributed by atoms with Crippen molar-refractivity contribution in [1.29, 1.82) is 0 Å². The van der Waals surface area contributed by atoms with Crippen molar-refractivity contribution in [2.24, 2.45) is 0 Å². The van der Waals surface area contributed by atoms with Crippen LogP contribution in [0.1, 0.15) is 12.5 Å². The van der Waals surface area contributed by atoms with E-state index in [4.69, 9.17) is 11.6 Å². The van der Waals surface area contributed by atoms with Crippen LogP contribution in [0.4, 0.5) is 10.1 Å². The molecule has 0 unspecified atom stereocenters. The largest absolute Gasteiger partial charge is 0.353 e. The molecular weight excluding hydrogens is 423 g/mol. The van der Waals surface area contributed by atoms with Gasteiger partial charge >= 0.3 is 0 Å². The van der Waals surface area contributed by atoms with Crippen LogP contribution in [0.3, 0.4) is 0 Å². The number of halogens is 2. The number of nitrogens with zero attached hydrogens (tertiary/aromatic N) is 1. The van der Waals surface area contributed by atoms with E-state index in [1.807, 2.05) is 24.3 Å². The van der Waals surface area contributed by atoms with Gasteiger partial charge in [0.15, 0.2) is 0 Å². The summed E-state index contributed by atoms with van der Waals surface area (Å²) in [5.41, 5.74) is 1.13. The lowest BCUT2D eigenvalue weighted by molar-refractivity contribution is -0.121. The maximum absolute atomic E-state index is 13.5. The summed E-state index contributed by atoms with van der Waals surface area (Å²) >= 11 is 7.71. The summed E-state index contributed by atoms with van der Waals surface area (Å²) in [6, 6.07) is 11.7. The molecule has 152 valence electrons. The minimum atomic E-state index is -3.77. The number of carbonyl (C=O) groups excluding carboxylic acids is 1. The molecule has 0 radical (unpaired) electrons. The summed E-state index contributed by atoms with van der Waals surface area (Å²) in [6.45, 7) is 1.84. The van der Waals surface area contributed by atoms with Gasteiger partial charge in [0.25, 0.3) is 0 Å². The Balaban J connectivity index is 1.91. The highest BCUT2D eigenvalue weighted by Crippen LogP contribution is 2.22. The van der Waals surface area contributed by atoms with Crippen molar-refractivity contribution in [1.82, 2.24) is 5.32 Å². The maximum atomic E-state index is 13.5. The summed E-state index contributed by atoms with van der Waals surface area (Å²) in [5.74, 6) is 0.328. The highest BCUT2D eigenvalue weighted by Gasteiger charge is 2.29. The lowest BCUT2D eigenvalue weighted by atomic mass is 10.2. The van der Waals surface area contributed by atoms with E-state index in [0.29, 0.717) is 23.1 Å². The van der Waals surface area contributed by atoms with Crippen molar-refractivity contribution in [3.63, 3.8) is 0 Å². The van der Waals surface area contributed by atoms with E-state index in [1.165, 1.54) is 25.1 Å². The van der Waals surface area contributed by atoms with E-state index in [9.17, 15) is 17.6 Å². The highest BCUT2D eigenvalue weighted by molar-refractivity contribution is 7.98. The van der Waals surface area contributed by atoms with E-state index in [-0.39, 0.29) is 5.69 Å². The van der Waals surface area contributed by atoms with Gasteiger partial charge in [-0.2, -0.15) is 11.8 Å². The molecule has 1 amide bonds. The minimum absolute atomic E-state index is 0.109. The number of rotatable bonds is 9. The summed E-state index contributed by atoms with van der Waals surface area (Å²) in [7, 11) is -3.77. The first-order valence-electron chi connectivity index (χ1n) is 8.54. The summed E-state index contributed by atoms with van der Waals surface area (Å²) in [4.78, 5) is 12.4. The molecule has 0 bridgehead atoms. The lowest BCUT2D eigenvalue weighted by Crippen LogP contribution is -2.48. The Morgan fingerprint density at radius 2 is 1.96 bits per heavy atom. The second-order valence-electron chi connectivity index (χ2n) is 6.15. The molecule has 2 aromatic carbocycles. The summed E-state index contributed by atoms with van der Waals surface area (Å²) < 4.78 is 38.7. The molecule has 28 heavy (non-hydrogen) atoms. The minimum Gasteiger partial charge on any atom is -0.353 e. The van der Waals surface area contributed by atoms with Crippen LogP contribution in [0.2, 0.25) is 5.02 Å². The Morgan fingerprint density at radius 1 is 1.25 bits per heavy atom. The van der Waals surface area contributed by atoms with Crippen molar-refractivity contribution in [2.75, 3.05) is 22.9 Å². The Morgan fingerprint density at radius 3 is 2.61 bits per heavy atom. The number of benzene rings is 2. The van der Waals surface area contributed by atoms with Crippen LogP contribution in [-0.4, -0.2) is 38.9 Å². The molecule has 1 atom stereocenters. The number of nitrogens with one attached hydrogen (secondary N) is 1. The fraction of sp³-hybridized carbons (Fsp3) is 0.316. The number of carbonyl (C=O) groups is 1. The molecule has 1 N–H and O–H groups in total. The van der Waals surface area contributed by atoms with Gasteiger partial charge in [-0.15, -0.1) is 0 Å². The van der Waals surface area contributed by atoms with Crippen LogP contribution >= 0.6 is 23.4 Å². The van der Waals surface area contributed by atoms with Crippen molar-refractivity contribution in [2.45, 2.75) is 18.7 Å². The van der Waals surface area contributed by atoms with Gasteiger partial charge in [0.05, 0.1) is 11.9 Å². The zero-order valence-corrected chi connectivity index (χ0v) is 18.0. The van der Waals surface area contributed by atoms with Gasteiger partial charge in [0, 0.05) is 23.1 Å². The molecule has 0 saturated carbocycles. The Bertz CT molecular complexity index is 925. The van der Waals surface area contributed by atoms with Crippen molar-refractivity contribution < 1.29 is 17.6 Å². The van der Waals surface area contributed by atoms with Gasteiger partial charge in [0.1, 0.15) is 11.9 Å². The SMILES string of the molecule is C[C@@H](C(=O)NCCSCc1ccccc1Cl)N(c1cccc(F)c1)S(C)(=O)=O. The second-order valence-corrected chi connectivity index (χ2v) is 9.52. The Hall–Kier alpha value is -1.77. The third kappa shape index (κ3) is 6.39. The van der Waals surface area contributed by atoms with Gasteiger partial charge in [-0.3, -0.25) is 9.10 Å². The Labute approximate surface area is 174 Å². The first kappa shape index (κ1) is 22.5. The van der Waals surface area contributed by atoms with Crippen LogP contribution in [-0.2, 0) is 20.6 Å².